The molecule has 0 radical (unpaired) electrons. The van der Waals surface area contributed by atoms with Gasteiger partial charge in [-0.2, -0.15) is 0 Å². The number of nitrogens with one attached hydrogen (secondary N) is 1. The van der Waals surface area contributed by atoms with Crippen LogP contribution in [0.15, 0.2) is 17.3 Å². The third-order valence-electron chi connectivity index (χ3n) is 2.18. The first-order chi connectivity index (χ1) is 7.30. The Morgan fingerprint density at radius 3 is 2.47 bits per heavy atom. The Balaban J connectivity index is 2.71. The minimum absolute atomic E-state index is 0.752. The molecule has 0 aliphatic rings. The monoisotopic (exact) mass is 224 g/mol. The van der Waals surface area contributed by atoms with Crippen molar-refractivity contribution in [1.82, 2.24) is 9.97 Å². The number of nitrogens with zero attached hydrogens (tertiary/aromatic N) is 1. The Kier molecular flexibility index (Phi) is 2.73. The first-order valence-electron chi connectivity index (χ1n) is 4.45. The molecule has 0 atom stereocenters. The highest BCUT2D eigenvalue weighted by Crippen LogP contribution is 2.32. The molecule has 2 rings (SSSR count). The van der Waals surface area contributed by atoms with Gasteiger partial charge in [0.2, 0.25) is 0 Å². The summed E-state index contributed by atoms with van der Waals surface area (Å²) in [5.41, 5.74) is 1.68. The van der Waals surface area contributed by atoms with Gasteiger partial charge in [-0.15, -0.1) is 0 Å². The zero-order valence-electron chi connectivity index (χ0n) is 8.83. The standard InChI is InChI=1S/C10H12N2O2S/c1-13-6-4-5-7(14-2)9-8(6)11-10(12-9)15-3/h4-5H,1-3H3,(H,11,12). The van der Waals surface area contributed by atoms with Gasteiger partial charge in [0.25, 0.3) is 0 Å². The molecule has 0 saturated carbocycles. The fraction of sp³-hybridized carbons (Fsp3) is 0.300. The molecule has 1 aromatic carbocycles. The number of aromatic amines is 1. The van der Waals surface area contributed by atoms with Crippen LogP contribution in [0.1, 0.15) is 0 Å². The van der Waals surface area contributed by atoms with E-state index in [1.165, 1.54) is 0 Å². The van der Waals surface area contributed by atoms with Gasteiger partial charge in [0.05, 0.1) is 14.2 Å². The minimum Gasteiger partial charge on any atom is -0.494 e. The van der Waals surface area contributed by atoms with E-state index >= 15 is 0 Å². The van der Waals surface area contributed by atoms with Crippen molar-refractivity contribution in [2.24, 2.45) is 0 Å². The molecule has 0 amide bonds. The zero-order valence-corrected chi connectivity index (χ0v) is 9.64. The Morgan fingerprint density at radius 2 is 1.87 bits per heavy atom. The summed E-state index contributed by atoms with van der Waals surface area (Å²) in [6.45, 7) is 0. The largest absolute Gasteiger partial charge is 0.494 e. The van der Waals surface area contributed by atoms with Crippen LogP contribution in [0.2, 0.25) is 0 Å². The SMILES string of the molecule is COc1ccc(OC)c2[nH]c(SC)nc12. The van der Waals surface area contributed by atoms with Crippen LogP contribution in [-0.4, -0.2) is 30.4 Å². The van der Waals surface area contributed by atoms with Gasteiger partial charge in [0.1, 0.15) is 22.5 Å². The van der Waals surface area contributed by atoms with Crippen LogP contribution in [0.5, 0.6) is 11.5 Å². The number of methoxy groups -OCH3 is 2. The lowest BCUT2D eigenvalue weighted by Gasteiger charge is -2.03. The second-order valence-corrected chi connectivity index (χ2v) is 3.73. The smallest absolute Gasteiger partial charge is 0.166 e. The second-order valence-electron chi connectivity index (χ2n) is 2.94. The summed E-state index contributed by atoms with van der Waals surface area (Å²) in [4.78, 5) is 7.60. The normalized spacial score (nSPS) is 10.6. The number of ether oxygens (including phenoxy) is 2. The molecule has 4 nitrogen and oxygen atoms in total. The molecule has 2 aromatic rings. The highest BCUT2D eigenvalue weighted by molar-refractivity contribution is 7.98. The predicted octanol–water partition coefficient (Wildman–Crippen LogP) is 2.30. The lowest BCUT2D eigenvalue weighted by molar-refractivity contribution is 0.409. The lowest BCUT2D eigenvalue weighted by atomic mass is 10.2. The van der Waals surface area contributed by atoms with E-state index in [9.17, 15) is 0 Å². The second kappa shape index (κ2) is 4.02. The van der Waals surface area contributed by atoms with Crippen molar-refractivity contribution in [3.8, 4) is 11.5 Å². The molecule has 0 aliphatic carbocycles. The van der Waals surface area contributed by atoms with E-state index in [0.717, 1.165) is 27.7 Å². The molecule has 0 spiro atoms. The van der Waals surface area contributed by atoms with Gasteiger partial charge >= 0.3 is 0 Å². The number of hydrogen-bond donors (Lipinski definition) is 1. The molecule has 80 valence electrons. The van der Waals surface area contributed by atoms with Crippen molar-refractivity contribution in [2.45, 2.75) is 5.16 Å². The highest BCUT2D eigenvalue weighted by atomic mass is 32.2. The third-order valence-corrected chi connectivity index (χ3v) is 2.76. The van der Waals surface area contributed by atoms with Gasteiger partial charge in [0.15, 0.2) is 5.16 Å². The van der Waals surface area contributed by atoms with Crippen LogP contribution in [-0.2, 0) is 0 Å². The summed E-state index contributed by atoms with van der Waals surface area (Å²) in [6, 6.07) is 3.72. The van der Waals surface area contributed by atoms with Gasteiger partial charge in [0, 0.05) is 0 Å². The van der Waals surface area contributed by atoms with Crippen LogP contribution >= 0.6 is 11.8 Å². The molecule has 15 heavy (non-hydrogen) atoms. The molecule has 5 heteroatoms. The van der Waals surface area contributed by atoms with Crippen LogP contribution < -0.4 is 9.47 Å². The van der Waals surface area contributed by atoms with E-state index in [1.807, 2.05) is 18.4 Å². The van der Waals surface area contributed by atoms with E-state index < -0.39 is 0 Å². The van der Waals surface area contributed by atoms with E-state index in [1.54, 1.807) is 26.0 Å². The van der Waals surface area contributed by atoms with Crippen LogP contribution in [0.3, 0.4) is 0 Å². The van der Waals surface area contributed by atoms with Crippen molar-refractivity contribution in [3.63, 3.8) is 0 Å². The Labute approximate surface area is 92.0 Å². The van der Waals surface area contributed by atoms with Crippen LogP contribution in [0.25, 0.3) is 11.0 Å². The molecular formula is C10H12N2O2S. The molecule has 0 unspecified atom stereocenters. The van der Waals surface area contributed by atoms with Gasteiger partial charge in [-0.25, -0.2) is 4.98 Å². The summed E-state index contributed by atoms with van der Waals surface area (Å²) in [6.07, 6.45) is 1.97. The average molecular weight is 224 g/mol. The van der Waals surface area contributed by atoms with Gasteiger partial charge < -0.3 is 14.5 Å². The summed E-state index contributed by atoms with van der Waals surface area (Å²) in [7, 11) is 3.27. The number of thioether (sulfide) groups is 1. The Hall–Kier alpha value is -1.36. The van der Waals surface area contributed by atoms with Gasteiger partial charge in [-0.3, -0.25) is 0 Å². The Morgan fingerprint density at radius 1 is 1.20 bits per heavy atom. The van der Waals surface area contributed by atoms with Crippen molar-refractivity contribution in [1.29, 1.82) is 0 Å². The summed E-state index contributed by atoms with van der Waals surface area (Å²) < 4.78 is 10.5. The fourth-order valence-electron chi connectivity index (χ4n) is 1.45. The molecule has 0 saturated heterocycles. The van der Waals surface area contributed by atoms with E-state index in [-0.39, 0.29) is 0 Å². The molecule has 0 bridgehead atoms. The third kappa shape index (κ3) is 1.63. The van der Waals surface area contributed by atoms with Crippen molar-refractivity contribution >= 4 is 22.8 Å². The van der Waals surface area contributed by atoms with Crippen molar-refractivity contribution in [2.75, 3.05) is 20.5 Å². The first-order valence-corrected chi connectivity index (χ1v) is 5.67. The topological polar surface area (TPSA) is 47.1 Å². The first kappa shape index (κ1) is 10.2. The number of imidazole rings is 1. The quantitative estimate of drug-likeness (QED) is 0.813. The lowest BCUT2D eigenvalue weighted by Crippen LogP contribution is -1.88. The van der Waals surface area contributed by atoms with Crippen LogP contribution in [0, 0.1) is 0 Å². The molecule has 0 aliphatic heterocycles. The average Bonchev–Trinajstić information content (AvgIpc) is 2.71. The van der Waals surface area contributed by atoms with Crippen LogP contribution in [0.4, 0.5) is 0 Å². The maximum Gasteiger partial charge on any atom is 0.166 e. The molecule has 1 heterocycles. The van der Waals surface area contributed by atoms with Gasteiger partial charge in [-0.05, 0) is 18.4 Å². The van der Waals surface area contributed by atoms with Gasteiger partial charge in [-0.1, -0.05) is 11.8 Å². The van der Waals surface area contributed by atoms with E-state index in [2.05, 4.69) is 9.97 Å². The molecule has 1 aromatic heterocycles. The Bertz CT molecular complexity index is 440. The maximum absolute atomic E-state index is 5.25. The number of benzene rings is 1. The predicted molar refractivity (Wildman–Crippen MR) is 61.0 cm³/mol. The summed E-state index contributed by atoms with van der Waals surface area (Å²) in [5, 5.41) is 0.854. The summed E-state index contributed by atoms with van der Waals surface area (Å²) >= 11 is 1.56. The molecular weight excluding hydrogens is 212 g/mol. The van der Waals surface area contributed by atoms with E-state index in [4.69, 9.17) is 9.47 Å². The fourth-order valence-corrected chi connectivity index (χ4v) is 1.84. The number of rotatable bonds is 3. The maximum atomic E-state index is 5.25. The number of hydrogen-bond acceptors (Lipinski definition) is 4. The van der Waals surface area contributed by atoms with Crippen molar-refractivity contribution in [3.05, 3.63) is 12.1 Å². The minimum atomic E-state index is 0.752. The number of H-pyrrole nitrogens is 1. The number of fused-ring (bicyclic) bond motifs is 1. The zero-order chi connectivity index (χ0) is 10.8. The highest BCUT2D eigenvalue weighted by Gasteiger charge is 2.11. The molecule has 1 N–H and O–H groups in total. The summed E-state index contributed by atoms with van der Waals surface area (Å²) in [5.74, 6) is 1.53. The molecule has 0 fully saturated rings. The van der Waals surface area contributed by atoms with E-state index in [0.29, 0.717) is 0 Å². The van der Waals surface area contributed by atoms with Crippen molar-refractivity contribution < 1.29 is 9.47 Å². The number of aromatic nitrogens is 2.